The molecule has 0 atom stereocenters. The van der Waals surface area contributed by atoms with Gasteiger partial charge in [0.25, 0.3) is 0 Å². The Morgan fingerprint density at radius 1 is 0.688 bits per heavy atom. The average molecular weight is 454 g/mol. The number of rotatable bonds is 9. The van der Waals surface area contributed by atoms with E-state index in [-0.39, 0.29) is 12.2 Å². The highest BCUT2D eigenvalue weighted by Crippen LogP contribution is 2.37. The van der Waals surface area contributed by atoms with Crippen LogP contribution in [0.3, 0.4) is 0 Å². The minimum absolute atomic E-state index is 0.0380. The molecule has 0 fully saturated rings. The Morgan fingerprint density at radius 2 is 1.25 bits per heavy atom. The molecule has 3 aromatic carbocycles. The van der Waals surface area contributed by atoms with Crippen LogP contribution in [-0.4, -0.2) is 13.1 Å². The van der Waals surface area contributed by atoms with Crippen LogP contribution in [-0.2, 0) is 12.3 Å². The summed E-state index contributed by atoms with van der Waals surface area (Å²) in [7, 11) is 0. The summed E-state index contributed by atoms with van der Waals surface area (Å²) in [6.45, 7) is -0.335. The maximum Gasteiger partial charge on any atom is 0.332 e. The van der Waals surface area contributed by atoms with Crippen LogP contribution in [0, 0.1) is 11.6 Å². The SMILES string of the molecule is FCCCCCc1ccc(-c2cc(F)c(-c3ccc(C(F)(F)C(F)F)cc3)c(F)c2)cc1. The van der Waals surface area contributed by atoms with E-state index in [4.69, 9.17) is 0 Å². The van der Waals surface area contributed by atoms with Crippen molar-refractivity contribution >= 4 is 0 Å². The van der Waals surface area contributed by atoms with E-state index in [1.165, 1.54) is 0 Å². The van der Waals surface area contributed by atoms with Gasteiger partial charge in [0, 0.05) is 5.56 Å². The molecule has 0 unspecified atom stereocenters. The minimum Gasteiger partial charge on any atom is -0.251 e. The molecule has 0 amide bonds. The maximum absolute atomic E-state index is 14.7. The van der Waals surface area contributed by atoms with Gasteiger partial charge in [-0.1, -0.05) is 55.0 Å². The summed E-state index contributed by atoms with van der Waals surface area (Å²) < 4.78 is 93.4. The van der Waals surface area contributed by atoms with Gasteiger partial charge in [0.05, 0.1) is 12.2 Å². The molecule has 0 bridgehead atoms. The van der Waals surface area contributed by atoms with Crippen molar-refractivity contribution in [2.75, 3.05) is 6.67 Å². The fraction of sp³-hybridized carbons (Fsp3) is 0.280. The molecular formula is C25H21F7. The summed E-state index contributed by atoms with van der Waals surface area (Å²) in [5.74, 6) is -6.15. The molecule has 0 aliphatic rings. The number of unbranched alkanes of at least 4 members (excludes halogenated alkanes) is 2. The summed E-state index contributed by atoms with van der Waals surface area (Å²) in [6.07, 6.45) is -0.939. The van der Waals surface area contributed by atoms with Gasteiger partial charge >= 0.3 is 12.3 Å². The third-order valence-corrected chi connectivity index (χ3v) is 5.26. The van der Waals surface area contributed by atoms with Crippen LogP contribution in [0.15, 0.2) is 60.7 Å². The van der Waals surface area contributed by atoms with Crippen LogP contribution in [0.2, 0.25) is 0 Å². The summed E-state index contributed by atoms with van der Waals surface area (Å²) in [4.78, 5) is 0. The zero-order valence-corrected chi connectivity index (χ0v) is 17.0. The first-order valence-corrected chi connectivity index (χ1v) is 10.1. The molecule has 7 heteroatoms. The van der Waals surface area contributed by atoms with Crippen molar-refractivity contribution in [2.24, 2.45) is 0 Å². The lowest BCUT2D eigenvalue weighted by atomic mass is 9.96. The first-order chi connectivity index (χ1) is 15.2. The van der Waals surface area contributed by atoms with E-state index in [1.54, 1.807) is 12.1 Å². The Kier molecular flexibility index (Phi) is 7.59. The topological polar surface area (TPSA) is 0 Å². The predicted octanol–water partition coefficient (Wildman–Crippen LogP) is 8.34. The van der Waals surface area contributed by atoms with Crippen molar-refractivity contribution in [3.8, 4) is 22.3 Å². The molecule has 170 valence electrons. The van der Waals surface area contributed by atoms with Gasteiger partial charge in [-0.25, -0.2) is 17.6 Å². The van der Waals surface area contributed by atoms with Crippen LogP contribution < -0.4 is 0 Å². The standard InChI is InChI=1S/C25H21F7/c26-13-3-1-2-4-16-5-7-17(8-6-16)19-14-21(27)23(22(28)15-19)18-9-11-20(12-10-18)25(31,32)24(29)30/h5-12,14-15,24H,1-4,13H2. The number of alkyl halides is 5. The van der Waals surface area contributed by atoms with Crippen LogP contribution in [0.5, 0.6) is 0 Å². The highest BCUT2D eigenvalue weighted by Gasteiger charge is 2.42. The largest absolute Gasteiger partial charge is 0.332 e. The molecule has 0 aliphatic carbocycles. The molecule has 3 aromatic rings. The number of halogens is 7. The molecule has 0 nitrogen and oxygen atoms in total. The Labute approximate surface area is 181 Å². The lowest BCUT2D eigenvalue weighted by Gasteiger charge is -2.16. The minimum atomic E-state index is -4.35. The van der Waals surface area contributed by atoms with E-state index in [9.17, 15) is 30.7 Å². The summed E-state index contributed by atoms with van der Waals surface area (Å²) in [5, 5.41) is 0. The molecule has 0 spiro atoms. The second-order valence-electron chi connectivity index (χ2n) is 7.51. The number of hydrogen-bond acceptors (Lipinski definition) is 0. The van der Waals surface area contributed by atoms with Crippen molar-refractivity contribution in [1.82, 2.24) is 0 Å². The third-order valence-electron chi connectivity index (χ3n) is 5.26. The number of aryl methyl sites for hydroxylation is 1. The summed E-state index contributed by atoms with van der Waals surface area (Å²) in [5.41, 5.74) is 0.529. The van der Waals surface area contributed by atoms with Crippen LogP contribution in [0.4, 0.5) is 30.7 Å². The average Bonchev–Trinajstić information content (AvgIpc) is 2.77. The normalized spacial score (nSPS) is 11.9. The van der Waals surface area contributed by atoms with E-state index in [2.05, 4.69) is 0 Å². The van der Waals surface area contributed by atoms with Crippen LogP contribution in [0.25, 0.3) is 22.3 Å². The van der Waals surface area contributed by atoms with Gasteiger partial charge in [0.1, 0.15) is 11.6 Å². The molecule has 0 aliphatic heterocycles. The Morgan fingerprint density at radius 3 is 1.78 bits per heavy atom. The third kappa shape index (κ3) is 5.31. The highest BCUT2D eigenvalue weighted by atomic mass is 19.3. The fourth-order valence-electron chi connectivity index (χ4n) is 3.46. The van der Waals surface area contributed by atoms with Gasteiger partial charge in [-0.05, 0) is 53.6 Å². The first-order valence-electron chi connectivity index (χ1n) is 10.1. The zero-order valence-electron chi connectivity index (χ0n) is 17.0. The van der Waals surface area contributed by atoms with Gasteiger partial charge < -0.3 is 0 Å². The lowest BCUT2D eigenvalue weighted by molar-refractivity contribution is -0.135. The fourth-order valence-corrected chi connectivity index (χ4v) is 3.46. The maximum atomic E-state index is 14.7. The molecular weight excluding hydrogens is 433 g/mol. The lowest BCUT2D eigenvalue weighted by Crippen LogP contribution is -2.23. The monoisotopic (exact) mass is 454 g/mol. The molecule has 0 radical (unpaired) electrons. The second-order valence-corrected chi connectivity index (χ2v) is 7.51. The van der Waals surface area contributed by atoms with E-state index >= 15 is 0 Å². The molecule has 0 saturated heterocycles. The molecule has 0 saturated carbocycles. The van der Waals surface area contributed by atoms with Crippen LogP contribution in [0.1, 0.15) is 30.4 Å². The molecule has 3 rings (SSSR count). The zero-order chi connectivity index (χ0) is 23.3. The summed E-state index contributed by atoms with van der Waals surface area (Å²) >= 11 is 0. The first kappa shape index (κ1) is 23.8. The Balaban J connectivity index is 1.81. The Hall–Kier alpha value is -2.83. The van der Waals surface area contributed by atoms with Crippen molar-refractivity contribution in [2.45, 2.75) is 38.0 Å². The van der Waals surface area contributed by atoms with Crippen LogP contribution >= 0.6 is 0 Å². The van der Waals surface area contributed by atoms with Gasteiger partial charge in [0.2, 0.25) is 0 Å². The van der Waals surface area contributed by atoms with Crippen molar-refractivity contribution in [1.29, 1.82) is 0 Å². The Bertz CT molecular complexity index is 1000. The number of hydrogen-bond donors (Lipinski definition) is 0. The van der Waals surface area contributed by atoms with Crippen molar-refractivity contribution < 1.29 is 30.7 Å². The van der Waals surface area contributed by atoms with E-state index in [1.807, 2.05) is 12.1 Å². The molecule has 0 N–H and O–H groups in total. The van der Waals surface area contributed by atoms with Gasteiger partial charge in [-0.3, -0.25) is 4.39 Å². The highest BCUT2D eigenvalue weighted by molar-refractivity contribution is 5.72. The van der Waals surface area contributed by atoms with Gasteiger partial charge in [-0.15, -0.1) is 0 Å². The quantitative estimate of drug-likeness (QED) is 0.225. The van der Waals surface area contributed by atoms with Gasteiger partial charge in [-0.2, -0.15) is 8.78 Å². The van der Waals surface area contributed by atoms with E-state index in [0.717, 1.165) is 61.2 Å². The second kappa shape index (κ2) is 10.2. The molecule has 0 heterocycles. The van der Waals surface area contributed by atoms with Gasteiger partial charge in [0.15, 0.2) is 0 Å². The van der Waals surface area contributed by atoms with E-state index in [0.29, 0.717) is 17.5 Å². The molecule has 32 heavy (non-hydrogen) atoms. The van der Waals surface area contributed by atoms with E-state index < -0.39 is 35.1 Å². The predicted molar refractivity (Wildman–Crippen MR) is 111 cm³/mol. The number of benzene rings is 3. The summed E-state index contributed by atoms with van der Waals surface area (Å²) in [6, 6.07) is 12.9. The molecule has 0 aromatic heterocycles. The van der Waals surface area contributed by atoms with Crippen molar-refractivity contribution in [3.05, 3.63) is 83.4 Å². The van der Waals surface area contributed by atoms with Crippen molar-refractivity contribution in [3.63, 3.8) is 0 Å². The smallest absolute Gasteiger partial charge is 0.251 e.